The van der Waals surface area contributed by atoms with Crippen LogP contribution in [0.25, 0.3) is 11.8 Å². The Morgan fingerprint density at radius 1 is 1.26 bits per heavy atom. The van der Waals surface area contributed by atoms with Gasteiger partial charge in [-0.2, -0.15) is 0 Å². The molecular weight excluding hydrogens is 366 g/mol. The quantitative estimate of drug-likeness (QED) is 0.358. The van der Waals surface area contributed by atoms with Crippen LogP contribution in [0.1, 0.15) is 16.1 Å². The van der Waals surface area contributed by atoms with Gasteiger partial charge >= 0.3 is 5.97 Å². The number of benzene rings is 1. The molecule has 2 N–H and O–H groups in total. The highest BCUT2D eigenvalue weighted by molar-refractivity contribution is 7.80. The van der Waals surface area contributed by atoms with Crippen molar-refractivity contribution in [2.75, 3.05) is 6.54 Å². The minimum absolute atomic E-state index is 0.0339. The number of carboxylic acid groups (broad SMARTS) is 1. The van der Waals surface area contributed by atoms with Crippen molar-refractivity contribution in [1.29, 1.82) is 0 Å². The number of hydrogen-bond donors (Lipinski definition) is 2. The number of rotatable bonds is 5. The summed E-state index contributed by atoms with van der Waals surface area (Å²) in [6.07, 6.45) is 4.67. The van der Waals surface area contributed by atoms with Crippen LogP contribution in [0.4, 0.5) is 0 Å². The lowest BCUT2D eigenvalue weighted by Gasteiger charge is -2.27. The molecule has 2 heterocycles. The van der Waals surface area contributed by atoms with Crippen molar-refractivity contribution < 1.29 is 19.5 Å². The molecule has 1 aromatic carbocycles. The van der Waals surface area contributed by atoms with Crippen molar-refractivity contribution in [2.45, 2.75) is 0 Å². The molecule has 136 valence electrons. The van der Waals surface area contributed by atoms with Crippen LogP contribution >= 0.6 is 12.2 Å². The number of carbonyl (C=O) groups excluding carboxylic acids is 2. The fraction of sp³-hybridized carbons (Fsp3) is 0.0526. The largest absolute Gasteiger partial charge is 0.478 e. The van der Waals surface area contributed by atoms with E-state index >= 15 is 0 Å². The summed E-state index contributed by atoms with van der Waals surface area (Å²) >= 11 is 5.03. The Morgan fingerprint density at radius 3 is 2.74 bits per heavy atom. The molecule has 1 aliphatic rings. The first kappa shape index (κ1) is 18.3. The fourth-order valence-electron chi connectivity index (χ4n) is 2.67. The first-order chi connectivity index (χ1) is 12.9. The van der Waals surface area contributed by atoms with Gasteiger partial charge in [-0.05, 0) is 48.6 Å². The van der Waals surface area contributed by atoms with E-state index in [0.29, 0.717) is 11.4 Å². The van der Waals surface area contributed by atoms with Gasteiger partial charge in [0.1, 0.15) is 5.57 Å². The van der Waals surface area contributed by atoms with Crippen LogP contribution in [0.3, 0.4) is 0 Å². The second-order valence-electron chi connectivity index (χ2n) is 5.68. The number of carbonyl (C=O) groups is 3. The lowest BCUT2D eigenvalue weighted by atomic mass is 10.1. The first-order valence-electron chi connectivity index (χ1n) is 7.93. The summed E-state index contributed by atoms with van der Waals surface area (Å²) in [5, 5.41) is 11.7. The van der Waals surface area contributed by atoms with Crippen molar-refractivity contribution in [3.8, 4) is 5.69 Å². The summed E-state index contributed by atoms with van der Waals surface area (Å²) in [5.74, 6) is -2.15. The SMILES string of the molecule is C=CCN1C(=O)/C(=C\c2cccn2-c2cccc(C(=O)O)c2)C(=O)NC1=S. The van der Waals surface area contributed by atoms with E-state index in [4.69, 9.17) is 17.3 Å². The second-order valence-corrected chi connectivity index (χ2v) is 6.07. The number of nitrogens with one attached hydrogen (secondary N) is 1. The van der Waals surface area contributed by atoms with Crippen LogP contribution in [0.2, 0.25) is 0 Å². The maximum atomic E-state index is 12.6. The highest BCUT2D eigenvalue weighted by Gasteiger charge is 2.32. The minimum atomic E-state index is -1.04. The standard InChI is InChI=1S/C19H15N3O4S/c1-2-8-22-17(24)15(16(23)20-19(22)27)11-14-7-4-9-21(14)13-6-3-5-12(10-13)18(25)26/h2-7,9-11H,1,8H2,(H,25,26)(H,20,23,27)/b15-11-. The van der Waals surface area contributed by atoms with Crippen molar-refractivity contribution in [2.24, 2.45) is 0 Å². The van der Waals surface area contributed by atoms with E-state index in [9.17, 15) is 14.4 Å². The number of hydrogen-bond acceptors (Lipinski definition) is 4. The molecule has 2 amide bonds. The zero-order chi connectivity index (χ0) is 19.6. The molecule has 0 unspecified atom stereocenters. The van der Waals surface area contributed by atoms with Crippen molar-refractivity contribution in [3.05, 3.63) is 72.1 Å². The van der Waals surface area contributed by atoms with E-state index < -0.39 is 17.8 Å². The Bertz CT molecular complexity index is 1010. The van der Waals surface area contributed by atoms with Crippen LogP contribution in [0.15, 0.2) is 60.8 Å². The van der Waals surface area contributed by atoms with Crippen LogP contribution in [-0.4, -0.2) is 44.0 Å². The molecule has 0 bridgehead atoms. The van der Waals surface area contributed by atoms with E-state index in [-0.39, 0.29) is 22.8 Å². The highest BCUT2D eigenvalue weighted by atomic mass is 32.1. The maximum Gasteiger partial charge on any atom is 0.335 e. The van der Waals surface area contributed by atoms with Gasteiger partial charge in [0.25, 0.3) is 11.8 Å². The third-order valence-corrected chi connectivity index (χ3v) is 4.26. The molecule has 1 aromatic heterocycles. The van der Waals surface area contributed by atoms with Crippen LogP contribution < -0.4 is 5.32 Å². The fourth-order valence-corrected chi connectivity index (χ4v) is 2.92. The van der Waals surface area contributed by atoms with E-state index in [1.807, 2.05) is 0 Å². The average molecular weight is 381 g/mol. The van der Waals surface area contributed by atoms with Gasteiger partial charge in [0.05, 0.1) is 5.56 Å². The summed E-state index contributed by atoms with van der Waals surface area (Å²) in [5.41, 5.74) is 1.20. The number of aromatic carboxylic acids is 1. The number of nitrogens with zero attached hydrogens (tertiary/aromatic N) is 2. The Morgan fingerprint density at radius 2 is 2.04 bits per heavy atom. The number of thiocarbonyl (C=S) groups is 1. The molecule has 3 rings (SSSR count). The predicted molar refractivity (Wildman–Crippen MR) is 103 cm³/mol. The van der Waals surface area contributed by atoms with Gasteiger partial charge in [-0.15, -0.1) is 6.58 Å². The minimum Gasteiger partial charge on any atom is -0.478 e. The Hall–Kier alpha value is -3.52. The smallest absolute Gasteiger partial charge is 0.335 e. The molecule has 1 fully saturated rings. The summed E-state index contributed by atoms with van der Waals surface area (Å²) in [6, 6.07) is 9.80. The Kier molecular flexibility index (Phi) is 5.00. The van der Waals surface area contributed by atoms with Gasteiger partial charge in [0, 0.05) is 24.1 Å². The van der Waals surface area contributed by atoms with Crippen molar-refractivity contribution in [1.82, 2.24) is 14.8 Å². The molecule has 1 saturated heterocycles. The van der Waals surface area contributed by atoms with Crippen LogP contribution in [-0.2, 0) is 9.59 Å². The summed E-state index contributed by atoms with van der Waals surface area (Å²) in [6.45, 7) is 3.76. The Balaban J connectivity index is 2.02. The molecule has 0 spiro atoms. The van der Waals surface area contributed by atoms with E-state index in [0.717, 1.165) is 0 Å². The number of amides is 2. The third-order valence-electron chi connectivity index (χ3n) is 3.94. The topological polar surface area (TPSA) is 91.6 Å². The molecule has 0 atom stereocenters. The van der Waals surface area contributed by atoms with E-state index in [1.165, 1.54) is 29.2 Å². The lowest BCUT2D eigenvalue weighted by Crippen LogP contribution is -2.53. The summed E-state index contributed by atoms with van der Waals surface area (Å²) < 4.78 is 1.69. The lowest BCUT2D eigenvalue weighted by molar-refractivity contribution is -0.128. The van der Waals surface area contributed by atoms with Crippen LogP contribution in [0.5, 0.6) is 0 Å². The van der Waals surface area contributed by atoms with Gasteiger partial charge in [-0.3, -0.25) is 19.8 Å². The monoisotopic (exact) mass is 381 g/mol. The zero-order valence-electron chi connectivity index (χ0n) is 14.1. The Labute approximate surface area is 160 Å². The van der Waals surface area contributed by atoms with Gasteiger partial charge in [-0.25, -0.2) is 4.79 Å². The van der Waals surface area contributed by atoms with E-state index in [1.54, 1.807) is 35.0 Å². The highest BCUT2D eigenvalue weighted by Crippen LogP contribution is 2.19. The normalized spacial score (nSPS) is 15.8. The van der Waals surface area contributed by atoms with Crippen LogP contribution in [0, 0.1) is 0 Å². The van der Waals surface area contributed by atoms with E-state index in [2.05, 4.69) is 11.9 Å². The van der Waals surface area contributed by atoms with Crippen molar-refractivity contribution in [3.63, 3.8) is 0 Å². The molecule has 8 heteroatoms. The molecule has 0 saturated carbocycles. The molecular formula is C19H15N3O4S. The zero-order valence-corrected chi connectivity index (χ0v) is 14.9. The number of aromatic nitrogens is 1. The maximum absolute atomic E-state index is 12.6. The molecule has 2 aromatic rings. The summed E-state index contributed by atoms with van der Waals surface area (Å²) in [4.78, 5) is 37.3. The van der Waals surface area contributed by atoms with Gasteiger partial charge in [0.15, 0.2) is 5.11 Å². The molecule has 1 aliphatic heterocycles. The summed E-state index contributed by atoms with van der Waals surface area (Å²) in [7, 11) is 0. The third kappa shape index (κ3) is 3.56. The second kappa shape index (κ2) is 7.38. The average Bonchev–Trinajstić information content (AvgIpc) is 3.10. The van der Waals surface area contributed by atoms with Gasteiger partial charge in [0.2, 0.25) is 0 Å². The predicted octanol–water partition coefficient (Wildman–Crippen LogP) is 1.99. The molecule has 0 aliphatic carbocycles. The molecule has 0 radical (unpaired) electrons. The van der Waals surface area contributed by atoms with Gasteiger partial charge < -0.3 is 9.67 Å². The first-order valence-corrected chi connectivity index (χ1v) is 8.34. The molecule has 7 nitrogen and oxygen atoms in total. The van der Waals surface area contributed by atoms with Gasteiger partial charge in [-0.1, -0.05) is 12.1 Å². The molecule has 27 heavy (non-hydrogen) atoms. The van der Waals surface area contributed by atoms with Crippen molar-refractivity contribution >= 4 is 41.2 Å². The number of carboxylic acids is 1.